The first-order valence-corrected chi connectivity index (χ1v) is 8.51. The number of benzene rings is 2. The third-order valence-electron chi connectivity index (χ3n) is 4.47. The molecule has 0 bridgehead atoms. The average Bonchev–Trinajstić information content (AvgIpc) is 2.97. The van der Waals surface area contributed by atoms with Crippen LogP contribution >= 0.6 is 0 Å². The molecule has 3 rings (SSSR count). The smallest absolute Gasteiger partial charge is 0.406 e. The van der Waals surface area contributed by atoms with Gasteiger partial charge in [-0.25, -0.2) is 0 Å². The Hall–Kier alpha value is -2.47. The Morgan fingerprint density at radius 2 is 1.73 bits per heavy atom. The Morgan fingerprint density at radius 1 is 1.04 bits per heavy atom. The van der Waals surface area contributed by atoms with Crippen LogP contribution in [0.4, 0.5) is 13.2 Å². The van der Waals surface area contributed by atoms with Crippen LogP contribution in [0.5, 0.6) is 5.75 Å². The highest BCUT2D eigenvalue weighted by Crippen LogP contribution is 2.32. The number of rotatable bonds is 6. The highest BCUT2D eigenvalue weighted by molar-refractivity contribution is 5.90. The Morgan fingerprint density at radius 3 is 2.38 bits per heavy atom. The topological polar surface area (TPSA) is 28.3 Å². The van der Waals surface area contributed by atoms with Crippen LogP contribution in [0.25, 0.3) is 22.2 Å². The number of H-pyrrole nitrogens is 1. The fraction of sp³-hybridized carbons (Fsp3) is 0.300. The number of aromatic nitrogens is 1. The Labute approximate surface area is 150 Å². The molecule has 0 radical (unpaired) electrons. The molecule has 0 atom stereocenters. The summed E-state index contributed by atoms with van der Waals surface area (Å²) in [6.45, 7) is 3.97. The van der Waals surface area contributed by atoms with E-state index in [9.17, 15) is 13.2 Å². The Kier molecular flexibility index (Phi) is 5.23. The molecule has 6 heteroatoms. The highest BCUT2D eigenvalue weighted by atomic mass is 19.4. The van der Waals surface area contributed by atoms with Crippen molar-refractivity contribution in [3.8, 4) is 17.0 Å². The zero-order valence-electron chi connectivity index (χ0n) is 14.7. The van der Waals surface area contributed by atoms with E-state index < -0.39 is 6.36 Å². The maximum atomic E-state index is 12.3. The monoisotopic (exact) mass is 362 g/mol. The first-order valence-electron chi connectivity index (χ1n) is 8.51. The molecular weight excluding hydrogens is 341 g/mol. The van der Waals surface area contributed by atoms with Crippen molar-refractivity contribution >= 4 is 10.9 Å². The van der Waals surface area contributed by atoms with E-state index in [1.165, 1.54) is 17.7 Å². The lowest BCUT2D eigenvalue weighted by Crippen LogP contribution is -2.20. The largest absolute Gasteiger partial charge is 0.573 e. The number of fused-ring (bicyclic) bond motifs is 1. The molecule has 2 aromatic carbocycles. The third-order valence-corrected chi connectivity index (χ3v) is 4.47. The van der Waals surface area contributed by atoms with Crippen molar-refractivity contribution in [2.24, 2.45) is 0 Å². The molecule has 1 N–H and O–H groups in total. The van der Waals surface area contributed by atoms with Crippen LogP contribution in [-0.2, 0) is 6.42 Å². The predicted octanol–water partition coefficient (Wildman–Crippen LogP) is 5.23. The molecule has 26 heavy (non-hydrogen) atoms. The van der Waals surface area contributed by atoms with Crippen molar-refractivity contribution in [3.63, 3.8) is 0 Å². The van der Waals surface area contributed by atoms with Crippen LogP contribution in [0.3, 0.4) is 0 Å². The minimum Gasteiger partial charge on any atom is -0.406 e. The number of para-hydroxylation sites is 1. The molecule has 0 unspecified atom stereocenters. The van der Waals surface area contributed by atoms with Crippen LogP contribution < -0.4 is 4.74 Å². The second-order valence-corrected chi connectivity index (χ2v) is 6.24. The minimum atomic E-state index is -4.68. The molecule has 3 nitrogen and oxygen atoms in total. The third kappa shape index (κ3) is 4.19. The summed E-state index contributed by atoms with van der Waals surface area (Å²) in [5, 5.41) is 1.14. The number of nitrogens with one attached hydrogen (secondary N) is 1. The van der Waals surface area contributed by atoms with Gasteiger partial charge in [-0.15, -0.1) is 13.2 Å². The predicted molar refractivity (Wildman–Crippen MR) is 97.3 cm³/mol. The number of hydrogen-bond acceptors (Lipinski definition) is 2. The summed E-state index contributed by atoms with van der Waals surface area (Å²) in [5.74, 6) is -0.218. The zero-order chi connectivity index (χ0) is 18.7. The van der Waals surface area contributed by atoms with Gasteiger partial charge in [-0.05, 0) is 61.5 Å². The summed E-state index contributed by atoms with van der Waals surface area (Å²) in [7, 11) is 2.07. The Balaban J connectivity index is 1.95. The normalized spacial score (nSPS) is 12.1. The number of halogens is 3. The molecule has 0 amide bonds. The number of ether oxygens (including phenoxy) is 1. The zero-order valence-corrected chi connectivity index (χ0v) is 14.7. The number of alkyl halides is 3. The van der Waals surface area contributed by atoms with Gasteiger partial charge >= 0.3 is 6.36 Å². The number of hydrogen-bond donors (Lipinski definition) is 1. The van der Waals surface area contributed by atoms with Crippen LogP contribution in [0, 0.1) is 0 Å². The lowest BCUT2D eigenvalue weighted by Gasteiger charge is -2.14. The second-order valence-electron chi connectivity index (χ2n) is 6.24. The van der Waals surface area contributed by atoms with Crippen LogP contribution in [0.15, 0.2) is 48.5 Å². The van der Waals surface area contributed by atoms with Crippen molar-refractivity contribution in [1.29, 1.82) is 0 Å². The van der Waals surface area contributed by atoms with Crippen molar-refractivity contribution in [2.45, 2.75) is 19.7 Å². The van der Waals surface area contributed by atoms with E-state index in [1.807, 2.05) is 18.2 Å². The molecule has 0 saturated carbocycles. The summed E-state index contributed by atoms with van der Waals surface area (Å²) < 4.78 is 41.0. The lowest BCUT2D eigenvalue weighted by molar-refractivity contribution is -0.274. The summed E-state index contributed by atoms with van der Waals surface area (Å²) >= 11 is 0. The van der Waals surface area contributed by atoms with E-state index in [0.29, 0.717) is 0 Å². The van der Waals surface area contributed by atoms with Gasteiger partial charge in [0.15, 0.2) is 0 Å². The molecule has 0 aliphatic carbocycles. The fourth-order valence-corrected chi connectivity index (χ4v) is 2.99. The van der Waals surface area contributed by atoms with Gasteiger partial charge in [-0.3, -0.25) is 0 Å². The van der Waals surface area contributed by atoms with Gasteiger partial charge in [0, 0.05) is 23.1 Å². The molecule has 138 valence electrons. The van der Waals surface area contributed by atoms with Crippen molar-refractivity contribution < 1.29 is 17.9 Å². The van der Waals surface area contributed by atoms with E-state index >= 15 is 0 Å². The highest BCUT2D eigenvalue weighted by Gasteiger charge is 2.31. The van der Waals surface area contributed by atoms with Gasteiger partial charge in [-0.2, -0.15) is 0 Å². The van der Waals surface area contributed by atoms with Gasteiger partial charge in [0.2, 0.25) is 0 Å². The van der Waals surface area contributed by atoms with Crippen LogP contribution in [0.1, 0.15) is 12.5 Å². The fourth-order valence-electron chi connectivity index (χ4n) is 2.99. The van der Waals surface area contributed by atoms with E-state index in [4.69, 9.17) is 0 Å². The number of likely N-dealkylation sites (N-methyl/N-ethyl adjacent to an activating group) is 1. The summed E-state index contributed by atoms with van der Waals surface area (Å²) in [6.07, 6.45) is -3.83. The second kappa shape index (κ2) is 7.41. The standard InChI is InChI=1S/C20H21F3N2O/c1-3-25(2)13-12-17-16-6-4-5-7-18(16)24-19(17)14-8-10-15(11-9-14)26-20(21,22)23/h4-11,24H,3,12-13H2,1-2H3. The summed E-state index contributed by atoms with van der Waals surface area (Å²) in [5.41, 5.74) is 3.97. The molecule has 0 fully saturated rings. The molecule has 3 aromatic rings. The van der Waals surface area contributed by atoms with E-state index in [-0.39, 0.29) is 5.75 Å². The van der Waals surface area contributed by atoms with E-state index in [1.54, 1.807) is 12.1 Å². The maximum absolute atomic E-state index is 12.3. The Bertz CT molecular complexity index is 869. The SMILES string of the molecule is CCN(C)CCc1c(-c2ccc(OC(F)(F)F)cc2)[nH]c2ccccc12. The molecule has 0 saturated heterocycles. The van der Waals surface area contributed by atoms with Crippen molar-refractivity contribution in [2.75, 3.05) is 20.1 Å². The molecule has 0 aliphatic rings. The number of aromatic amines is 1. The van der Waals surface area contributed by atoms with Gasteiger partial charge in [0.1, 0.15) is 5.75 Å². The van der Waals surface area contributed by atoms with Gasteiger partial charge < -0.3 is 14.6 Å². The molecule has 0 spiro atoms. The molecular formula is C20H21F3N2O. The molecule has 1 heterocycles. The lowest BCUT2D eigenvalue weighted by atomic mass is 10.0. The van der Waals surface area contributed by atoms with Crippen molar-refractivity contribution in [3.05, 3.63) is 54.1 Å². The minimum absolute atomic E-state index is 0.218. The molecule has 1 aromatic heterocycles. The first kappa shape index (κ1) is 18.3. The summed E-state index contributed by atoms with van der Waals surface area (Å²) in [6, 6.07) is 14.0. The van der Waals surface area contributed by atoms with Crippen LogP contribution in [0.2, 0.25) is 0 Å². The van der Waals surface area contributed by atoms with Gasteiger partial charge in [0.25, 0.3) is 0 Å². The first-order chi connectivity index (χ1) is 12.4. The summed E-state index contributed by atoms with van der Waals surface area (Å²) in [4.78, 5) is 5.64. The van der Waals surface area contributed by atoms with Crippen molar-refractivity contribution in [1.82, 2.24) is 9.88 Å². The van der Waals surface area contributed by atoms with Gasteiger partial charge in [0.05, 0.1) is 0 Å². The van der Waals surface area contributed by atoms with E-state index in [0.717, 1.165) is 41.7 Å². The van der Waals surface area contributed by atoms with Gasteiger partial charge in [-0.1, -0.05) is 25.1 Å². The van der Waals surface area contributed by atoms with E-state index in [2.05, 4.69) is 34.7 Å². The average molecular weight is 362 g/mol. The maximum Gasteiger partial charge on any atom is 0.573 e. The number of nitrogens with zero attached hydrogens (tertiary/aromatic N) is 1. The quantitative estimate of drug-likeness (QED) is 0.650. The van der Waals surface area contributed by atoms with Crippen LogP contribution in [-0.4, -0.2) is 36.4 Å². The molecule has 0 aliphatic heterocycles.